The highest BCUT2D eigenvalue weighted by Gasteiger charge is 2.41. The molecule has 0 spiro atoms. The molecule has 1 aromatic carbocycles. The van der Waals surface area contributed by atoms with Gasteiger partial charge in [-0.05, 0) is 49.8 Å². The zero-order valence-corrected chi connectivity index (χ0v) is 12.5. The number of nitrogens with one attached hydrogen (secondary N) is 1. The zero-order chi connectivity index (χ0) is 14.4. The molecule has 4 rings (SSSR count). The highest BCUT2D eigenvalue weighted by atomic mass is 19.1. The van der Waals surface area contributed by atoms with Gasteiger partial charge < -0.3 is 9.88 Å². The van der Waals surface area contributed by atoms with Crippen molar-refractivity contribution in [3.8, 4) is 0 Å². The Balaban J connectivity index is 1.81. The summed E-state index contributed by atoms with van der Waals surface area (Å²) in [7, 11) is 0. The molecular weight excluding hydrogens is 265 g/mol. The Kier molecular flexibility index (Phi) is 3.21. The van der Waals surface area contributed by atoms with Gasteiger partial charge in [-0.1, -0.05) is 13.3 Å². The van der Waals surface area contributed by atoms with E-state index in [2.05, 4.69) is 16.8 Å². The molecule has 3 unspecified atom stereocenters. The van der Waals surface area contributed by atoms with Gasteiger partial charge >= 0.3 is 0 Å². The van der Waals surface area contributed by atoms with E-state index >= 15 is 0 Å². The first-order valence-corrected chi connectivity index (χ1v) is 8.17. The Morgan fingerprint density at radius 2 is 2.29 bits per heavy atom. The van der Waals surface area contributed by atoms with Crippen LogP contribution in [0, 0.1) is 17.7 Å². The molecule has 4 heteroatoms. The molecule has 21 heavy (non-hydrogen) atoms. The summed E-state index contributed by atoms with van der Waals surface area (Å²) >= 11 is 0. The molecule has 3 atom stereocenters. The van der Waals surface area contributed by atoms with Crippen molar-refractivity contribution in [2.24, 2.45) is 11.8 Å². The molecule has 1 saturated carbocycles. The normalized spacial score (nSPS) is 28.4. The van der Waals surface area contributed by atoms with E-state index in [9.17, 15) is 4.39 Å². The second-order valence-electron chi connectivity index (χ2n) is 6.50. The first-order valence-electron chi connectivity index (χ1n) is 8.17. The molecule has 2 heterocycles. The topological polar surface area (TPSA) is 29.9 Å². The van der Waals surface area contributed by atoms with Gasteiger partial charge in [0, 0.05) is 12.6 Å². The van der Waals surface area contributed by atoms with Gasteiger partial charge in [0.2, 0.25) is 0 Å². The summed E-state index contributed by atoms with van der Waals surface area (Å²) in [4.78, 5) is 4.80. The molecule has 1 aliphatic carbocycles. The third kappa shape index (κ3) is 2.08. The van der Waals surface area contributed by atoms with Gasteiger partial charge in [0.05, 0.1) is 17.1 Å². The summed E-state index contributed by atoms with van der Waals surface area (Å²) in [5, 5.41) is 3.67. The molecule has 112 valence electrons. The smallest absolute Gasteiger partial charge is 0.127 e. The highest BCUT2D eigenvalue weighted by Crippen LogP contribution is 2.44. The lowest BCUT2D eigenvalue weighted by Crippen LogP contribution is -2.22. The van der Waals surface area contributed by atoms with Gasteiger partial charge in [0.1, 0.15) is 11.6 Å². The molecule has 0 radical (unpaired) electrons. The summed E-state index contributed by atoms with van der Waals surface area (Å²) in [5.74, 6) is 2.43. The summed E-state index contributed by atoms with van der Waals surface area (Å²) < 4.78 is 15.8. The van der Waals surface area contributed by atoms with Gasteiger partial charge in [-0.3, -0.25) is 0 Å². The number of hydrogen-bond donors (Lipinski definition) is 1. The minimum absolute atomic E-state index is 0.201. The van der Waals surface area contributed by atoms with Crippen LogP contribution >= 0.6 is 0 Å². The number of benzene rings is 1. The summed E-state index contributed by atoms with van der Waals surface area (Å²) in [6.45, 7) is 4.24. The van der Waals surface area contributed by atoms with E-state index in [1.165, 1.54) is 19.3 Å². The Morgan fingerprint density at radius 3 is 3.14 bits per heavy atom. The van der Waals surface area contributed by atoms with E-state index in [-0.39, 0.29) is 5.82 Å². The van der Waals surface area contributed by atoms with E-state index < -0.39 is 0 Å². The molecule has 2 aliphatic rings. The maximum absolute atomic E-state index is 13.5. The second-order valence-corrected chi connectivity index (χ2v) is 6.50. The average molecular weight is 287 g/mol. The summed E-state index contributed by atoms with van der Waals surface area (Å²) in [6.07, 6.45) is 5.05. The molecule has 2 aromatic rings. The quantitative estimate of drug-likeness (QED) is 0.934. The first-order chi connectivity index (χ1) is 10.3. The molecule has 1 saturated heterocycles. The van der Waals surface area contributed by atoms with Crippen LogP contribution in [0.5, 0.6) is 0 Å². The van der Waals surface area contributed by atoms with Crippen LogP contribution in [-0.2, 0) is 6.54 Å². The Hall–Kier alpha value is -1.42. The fourth-order valence-corrected chi connectivity index (χ4v) is 4.29. The largest absolute Gasteiger partial charge is 0.327 e. The number of halogens is 1. The van der Waals surface area contributed by atoms with Crippen LogP contribution in [0.3, 0.4) is 0 Å². The number of aryl methyl sites for hydroxylation is 1. The van der Waals surface area contributed by atoms with Crippen LogP contribution < -0.4 is 5.32 Å². The lowest BCUT2D eigenvalue weighted by molar-refractivity contribution is 0.397. The Labute approximate surface area is 124 Å². The minimum atomic E-state index is -0.201. The third-order valence-corrected chi connectivity index (χ3v) is 5.21. The third-order valence-electron chi connectivity index (χ3n) is 5.21. The number of hydrogen-bond acceptors (Lipinski definition) is 2. The zero-order valence-electron chi connectivity index (χ0n) is 12.5. The number of imidazole rings is 1. The predicted molar refractivity (Wildman–Crippen MR) is 81.6 cm³/mol. The molecule has 1 N–H and O–H groups in total. The molecule has 0 bridgehead atoms. The summed E-state index contributed by atoms with van der Waals surface area (Å²) in [6, 6.07) is 5.32. The van der Waals surface area contributed by atoms with Gasteiger partial charge in [-0.25, -0.2) is 9.37 Å². The van der Waals surface area contributed by atoms with Gasteiger partial charge in [-0.2, -0.15) is 0 Å². The molecule has 1 aromatic heterocycles. The van der Waals surface area contributed by atoms with Crippen LogP contribution in [0.4, 0.5) is 4.39 Å². The van der Waals surface area contributed by atoms with Crippen molar-refractivity contribution in [1.29, 1.82) is 0 Å². The van der Waals surface area contributed by atoms with Crippen molar-refractivity contribution in [1.82, 2.24) is 14.9 Å². The SMILES string of the molecule is CCCn1c(C2NCC3CCCC32)nc2cc(F)ccc21. The van der Waals surface area contributed by atoms with Crippen LogP contribution in [0.1, 0.15) is 44.5 Å². The van der Waals surface area contributed by atoms with Crippen LogP contribution in [-0.4, -0.2) is 16.1 Å². The molecule has 0 amide bonds. The van der Waals surface area contributed by atoms with Crippen molar-refractivity contribution < 1.29 is 4.39 Å². The van der Waals surface area contributed by atoms with Crippen molar-refractivity contribution in [2.45, 2.75) is 45.2 Å². The standard InChI is InChI=1S/C17H22FN3/c1-2-8-21-15-7-6-12(18)9-14(15)20-17(21)16-13-5-3-4-11(13)10-19-16/h6-7,9,11,13,16,19H,2-5,8,10H2,1H3. The second kappa shape index (κ2) is 5.09. The van der Waals surface area contributed by atoms with E-state index in [1.54, 1.807) is 12.1 Å². The van der Waals surface area contributed by atoms with Crippen molar-refractivity contribution in [2.75, 3.05) is 6.54 Å². The lowest BCUT2D eigenvalue weighted by atomic mass is 9.93. The van der Waals surface area contributed by atoms with E-state index in [4.69, 9.17) is 4.98 Å². The van der Waals surface area contributed by atoms with E-state index in [1.807, 2.05) is 6.07 Å². The minimum Gasteiger partial charge on any atom is -0.327 e. The monoisotopic (exact) mass is 287 g/mol. The first kappa shape index (κ1) is 13.3. The fraction of sp³-hybridized carbons (Fsp3) is 0.588. The van der Waals surface area contributed by atoms with Crippen molar-refractivity contribution in [3.63, 3.8) is 0 Å². The lowest BCUT2D eigenvalue weighted by Gasteiger charge is -2.19. The van der Waals surface area contributed by atoms with Crippen LogP contribution in [0.2, 0.25) is 0 Å². The predicted octanol–water partition coefficient (Wildman–Crippen LogP) is 3.65. The summed E-state index contributed by atoms with van der Waals surface area (Å²) in [5.41, 5.74) is 1.86. The van der Waals surface area contributed by atoms with Crippen molar-refractivity contribution >= 4 is 11.0 Å². The number of aromatic nitrogens is 2. The highest BCUT2D eigenvalue weighted by molar-refractivity contribution is 5.76. The fourth-order valence-electron chi connectivity index (χ4n) is 4.29. The van der Waals surface area contributed by atoms with Gasteiger partial charge in [0.15, 0.2) is 0 Å². The average Bonchev–Trinajstić information content (AvgIpc) is 3.13. The molecule has 1 aliphatic heterocycles. The van der Waals surface area contributed by atoms with E-state index in [0.29, 0.717) is 12.0 Å². The number of fused-ring (bicyclic) bond motifs is 2. The number of rotatable bonds is 3. The van der Waals surface area contributed by atoms with Gasteiger partial charge in [0.25, 0.3) is 0 Å². The maximum Gasteiger partial charge on any atom is 0.127 e. The van der Waals surface area contributed by atoms with E-state index in [0.717, 1.165) is 42.3 Å². The maximum atomic E-state index is 13.5. The molecular formula is C17H22FN3. The van der Waals surface area contributed by atoms with Crippen LogP contribution in [0.25, 0.3) is 11.0 Å². The Bertz CT molecular complexity index is 663. The number of nitrogens with zero attached hydrogens (tertiary/aromatic N) is 2. The van der Waals surface area contributed by atoms with Gasteiger partial charge in [-0.15, -0.1) is 0 Å². The molecule has 3 nitrogen and oxygen atoms in total. The molecule has 2 fully saturated rings. The Morgan fingerprint density at radius 1 is 1.38 bits per heavy atom. The van der Waals surface area contributed by atoms with Crippen molar-refractivity contribution in [3.05, 3.63) is 29.8 Å². The van der Waals surface area contributed by atoms with Crippen LogP contribution in [0.15, 0.2) is 18.2 Å².